The highest BCUT2D eigenvalue weighted by atomic mass is 16.3. The van der Waals surface area contributed by atoms with Crippen molar-refractivity contribution in [2.75, 3.05) is 13.2 Å². The fraction of sp³-hybridized carbons (Fsp3) is 0.667. The Balaban J connectivity index is 2.43. The zero-order valence-corrected chi connectivity index (χ0v) is 8.26. The van der Waals surface area contributed by atoms with Crippen LogP contribution in [0.15, 0.2) is 12.7 Å². The average molecular weight is 216 g/mol. The third-order valence-corrected chi connectivity index (χ3v) is 2.48. The molecule has 0 aromatic carbocycles. The minimum Gasteiger partial charge on any atom is -0.395 e. The molecular formula is C9H16N2O4. The highest BCUT2D eigenvalue weighted by Gasteiger charge is 2.40. The van der Waals surface area contributed by atoms with Crippen LogP contribution < -0.4 is 10.6 Å². The van der Waals surface area contributed by atoms with Crippen LogP contribution in [-0.2, 0) is 4.79 Å². The van der Waals surface area contributed by atoms with Crippen LogP contribution in [0.5, 0.6) is 0 Å². The van der Waals surface area contributed by atoms with Crippen LogP contribution >= 0.6 is 0 Å². The molecule has 1 aliphatic heterocycles. The molecule has 6 heteroatoms. The molecule has 1 fully saturated rings. The van der Waals surface area contributed by atoms with Crippen LogP contribution in [0, 0.1) is 0 Å². The Hall–Kier alpha value is -0.950. The van der Waals surface area contributed by atoms with Gasteiger partial charge in [-0.05, 0) is 6.08 Å². The maximum Gasteiger partial charge on any atom is 0.243 e. The summed E-state index contributed by atoms with van der Waals surface area (Å²) in [5, 5.41) is 33.2. The fourth-order valence-electron chi connectivity index (χ4n) is 1.57. The van der Waals surface area contributed by atoms with Crippen molar-refractivity contribution < 1.29 is 20.1 Å². The molecule has 0 aromatic heterocycles. The summed E-state index contributed by atoms with van der Waals surface area (Å²) in [6.45, 7) is 3.21. The Morgan fingerprint density at radius 1 is 1.40 bits per heavy atom. The summed E-state index contributed by atoms with van der Waals surface area (Å²) < 4.78 is 0. The number of amides is 1. The van der Waals surface area contributed by atoms with Gasteiger partial charge in [-0.25, -0.2) is 0 Å². The van der Waals surface area contributed by atoms with Gasteiger partial charge in [0.15, 0.2) is 0 Å². The van der Waals surface area contributed by atoms with Gasteiger partial charge in [0.1, 0.15) is 0 Å². The minimum atomic E-state index is -1.01. The van der Waals surface area contributed by atoms with E-state index in [-0.39, 0.29) is 19.1 Å². The van der Waals surface area contributed by atoms with Crippen molar-refractivity contribution >= 4 is 5.91 Å². The van der Waals surface area contributed by atoms with Gasteiger partial charge in [0.05, 0.1) is 30.9 Å². The predicted molar refractivity (Wildman–Crippen MR) is 53.0 cm³/mol. The first-order chi connectivity index (χ1) is 7.10. The van der Waals surface area contributed by atoms with Gasteiger partial charge in [-0.3, -0.25) is 4.79 Å². The largest absolute Gasteiger partial charge is 0.395 e. The molecule has 0 aromatic rings. The average Bonchev–Trinajstić information content (AvgIpc) is 2.52. The van der Waals surface area contributed by atoms with Crippen molar-refractivity contribution in [1.82, 2.24) is 10.6 Å². The van der Waals surface area contributed by atoms with Crippen molar-refractivity contribution in [2.24, 2.45) is 0 Å². The molecule has 86 valence electrons. The van der Waals surface area contributed by atoms with Gasteiger partial charge in [0.2, 0.25) is 5.91 Å². The van der Waals surface area contributed by atoms with Crippen LogP contribution in [0.25, 0.3) is 0 Å². The number of nitrogens with one attached hydrogen (secondary N) is 2. The lowest BCUT2D eigenvalue weighted by Gasteiger charge is -2.15. The number of aliphatic hydroxyl groups excluding tert-OH is 3. The molecule has 0 saturated carbocycles. The molecule has 15 heavy (non-hydrogen) atoms. The molecule has 1 rings (SSSR count). The van der Waals surface area contributed by atoms with E-state index in [0.29, 0.717) is 0 Å². The third-order valence-electron chi connectivity index (χ3n) is 2.48. The number of aliphatic hydroxyl groups is 3. The second kappa shape index (κ2) is 5.22. The van der Waals surface area contributed by atoms with E-state index in [4.69, 9.17) is 5.11 Å². The number of hydrogen-bond acceptors (Lipinski definition) is 5. The van der Waals surface area contributed by atoms with Crippen LogP contribution in [-0.4, -0.2) is 58.7 Å². The summed E-state index contributed by atoms with van der Waals surface area (Å²) in [6, 6.07) is -1.01. The maximum atomic E-state index is 10.9. The zero-order valence-electron chi connectivity index (χ0n) is 8.26. The van der Waals surface area contributed by atoms with Crippen LogP contribution in [0.1, 0.15) is 0 Å². The highest BCUT2D eigenvalue weighted by molar-refractivity contribution is 5.86. The Bertz CT molecular complexity index is 246. The predicted octanol–water partition coefficient (Wildman–Crippen LogP) is -2.66. The van der Waals surface area contributed by atoms with Crippen molar-refractivity contribution in [3.63, 3.8) is 0 Å². The molecule has 0 aliphatic carbocycles. The Kier molecular flexibility index (Phi) is 4.22. The van der Waals surface area contributed by atoms with Crippen LogP contribution in [0.3, 0.4) is 0 Å². The smallest absolute Gasteiger partial charge is 0.243 e. The maximum absolute atomic E-state index is 10.9. The Morgan fingerprint density at radius 2 is 2.00 bits per heavy atom. The van der Waals surface area contributed by atoms with E-state index in [0.717, 1.165) is 6.08 Å². The first-order valence-corrected chi connectivity index (χ1v) is 4.73. The molecule has 6 nitrogen and oxygen atoms in total. The molecule has 1 amide bonds. The molecule has 1 heterocycles. The molecule has 1 aliphatic rings. The lowest BCUT2D eigenvalue weighted by atomic mass is 10.1. The van der Waals surface area contributed by atoms with Crippen molar-refractivity contribution in [3.05, 3.63) is 12.7 Å². The Labute approximate surface area is 87.6 Å². The SMILES string of the molecule is C=CC(=O)NC[C@H]1N[C@H](CO)[C@@H](O)[C@@H]1O. The van der Waals surface area contributed by atoms with Crippen molar-refractivity contribution in [3.8, 4) is 0 Å². The van der Waals surface area contributed by atoms with Crippen molar-refractivity contribution in [1.29, 1.82) is 0 Å². The zero-order chi connectivity index (χ0) is 11.4. The standard InChI is InChI=1S/C9H16N2O4/c1-2-7(13)10-3-5-8(14)9(15)6(4-12)11-5/h2,5-6,8-9,11-12,14-15H,1,3-4H2,(H,10,13)/t5-,6-,8-,9-/m1/s1. The molecule has 0 radical (unpaired) electrons. The summed E-state index contributed by atoms with van der Waals surface area (Å²) in [6.07, 6.45) is -0.880. The normalized spacial score (nSPS) is 35.1. The van der Waals surface area contributed by atoms with E-state index < -0.39 is 24.3 Å². The van der Waals surface area contributed by atoms with E-state index in [9.17, 15) is 15.0 Å². The monoisotopic (exact) mass is 216 g/mol. The summed E-state index contributed by atoms with van der Waals surface area (Å²) in [4.78, 5) is 10.9. The third kappa shape index (κ3) is 2.75. The first-order valence-electron chi connectivity index (χ1n) is 4.73. The quantitative estimate of drug-likeness (QED) is 0.330. The second-order valence-corrected chi connectivity index (χ2v) is 3.49. The molecule has 0 bridgehead atoms. The number of carbonyl (C=O) groups is 1. The second-order valence-electron chi connectivity index (χ2n) is 3.49. The number of carbonyl (C=O) groups excluding carboxylic acids is 1. The molecule has 0 spiro atoms. The van der Waals surface area contributed by atoms with Gasteiger partial charge < -0.3 is 26.0 Å². The highest BCUT2D eigenvalue weighted by Crippen LogP contribution is 2.13. The fourth-order valence-corrected chi connectivity index (χ4v) is 1.57. The molecular weight excluding hydrogens is 200 g/mol. The van der Waals surface area contributed by atoms with Gasteiger partial charge in [0, 0.05) is 6.54 Å². The van der Waals surface area contributed by atoms with Gasteiger partial charge in [0.25, 0.3) is 0 Å². The van der Waals surface area contributed by atoms with E-state index >= 15 is 0 Å². The first kappa shape index (κ1) is 12.1. The van der Waals surface area contributed by atoms with Crippen molar-refractivity contribution in [2.45, 2.75) is 24.3 Å². The van der Waals surface area contributed by atoms with E-state index in [1.54, 1.807) is 0 Å². The van der Waals surface area contributed by atoms with Crippen LogP contribution in [0.2, 0.25) is 0 Å². The van der Waals surface area contributed by atoms with Gasteiger partial charge in [-0.2, -0.15) is 0 Å². The van der Waals surface area contributed by atoms with E-state index in [1.165, 1.54) is 0 Å². The van der Waals surface area contributed by atoms with Gasteiger partial charge in [-0.1, -0.05) is 6.58 Å². The van der Waals surface area contributed by atoms with Crippen LogP contribution in [0.4, 0.5) is 0 Å². The number of hydrogen-bond donors (Lipinski definition) is 5. The summed E-state index contributed by atoms with van der Waals surface area (Å²) in [5.41, 5.74) is 0. The minimum absolute atomic E-state index is 0.180. The number of rotatable bonds is 4. The van der Waals surface area contributed by atoms with E-state index in [2.05, 4.69) is 17.2 Å². The molecule has 4 atom stereocenters. The van der Waals surface area contributed by atoms with Gasteiger partial charge >= 0.3 is 0 Å². The Morgan fingerprint density at radius 3 is 2.47 bits per heavy atom. The molecule has 0 unspecified atom stereocenters. The summed E-state index contributed by atoms with van der Waals surface area (Å²) in [5.74, 6) is -0.342. The summed E-state index contributed by atoms with van der Waals surface area (Å²) >= 11 is 0. The molecule has 5 N–H and O–H groups in total. The lowest BCUT2D eigenvalue weighted by Crippen LogP contribution is -2.43. The van der Waals surface area contributed by atoms with E-state index in [1.807, 2.05) is 0 Å². The molecule has 1 saturated heterocycles. The summed E-state index contributed by atoms with van der Waals surface area (Å²) in [7, 11) is 0. The van der Waals surface area contributed by atoms with Gasteiger partial charge in [-0.15, -0.1) is 0 Å². The lowest BCUT2D eigenvalue weighted by molar-refractivity contribution is -0.116. The topological polar surface area (TPSA) is 102 Å².